The number of aliphatic hydroxyl groups excluding tert-OH is 1. The molecule has 1 aliphatic carbocycles. The van der Waals surface area contributed by atoms with Gasteiger partial charge in [-0.2, -0.15) is 0 Å². The molecule has 2 N–H and O–H groups in total. The van der Waals surface area contributed by atoms with Gasteiger partial charge in [-0.1, -0.05) is 19.9 Å². The lowest BCUT2D eigenvalue weighted by molar-refractivity contribution is -0.0689. The first-order valence-corrected chi connectivity index (χ1v) is 6.55. The van der Waals surface area contributed by atoms with Crippen LogP contribution in [0.2, 0.25) is 0 Å². The Morgan fingerprint density at radius 2 is 2.17 bits per heavy atom. The number of hydrogen-bond acceptors (Lipinski definition) is 3. The predicted octanol–water partition coefficient (Wildman–Crippen LogP) is 2.17. The Bertz CT molecular complexity index is 485. The van der Waals surface area contributed by atoms with E-state index in [2.05, 4.69) is 17.9 Å². The summed E-state index contributed by atoms with van der Waals surface area (Å²) < 4.78 is 0. The van der Waals surface area contributed by atoms with Crippen molar-refractivity contribution in [3.8, 4) is 0 Å². The lowest BCUT2D eigenvalue weighted by Gasteiger charge is -2.49. The number of aliphatic hydroxyl groups is 1. The Balaban J connectivity index is 2.12. The van der Waals surface area contributed by atoms with E-state index in [4.69, 9.17) is 0 Å². The molecule has 0 bridgehead atoms. The molecule has 2 unspecified atom stereocenters. The van der Waals surface area contributed by atoms with Crippen molar-refractivity contribution in [2.45, 2.75) is 44.2 Å². The quantitative estimate of drug-likeness (QED) is 0.718. The first-order valence-electron chi connectivity index (χ1n) is 6.11. The first kappa shape index (κ1) is 13.4. The molecule has 0 spiro atoms. The Kier molecular flexibility index (Phi) is 3.43. The van der Waals surface area contributed by atoms with Crippen molar-refractivity contribution in [3.63, 3.8) is 0 Å². The van der Waals surface area contributed by atoms with Crippen LogP contribution in [-0.2, 0) is 0 Å². The number of amides is 1. The van der Waals surface area contributed by atoms with Gasteiger partial charge in [0.25, 0.3) is 5.91 Å². The Labute approximate surface area is 113 Å². The summed E-state index contributed by atoms with van der Waals surface area (Å²) in [6.07, 6.45) is 0.290. The normalized spacial score (nSPS) is 25.4. The summed E-state index contributed by atoms with van der Waals surface area (Å²) in [6.45, 7) is 5.84. The lowest BCUT2D eigenvalue weighted by atomic mass is 9.64. The van der Waals surface area contributed by atoms with E-state index in [9.17, 15) is 9.90 Å². The van der Waals surface area contributed by atoms with Crippen molar-refractivity contribution in [1.82, 2.24) is 5.32 Å². The van der Waals surface area contributed by atoms with Gasteiger partial charge in [0.15, 0.2) is 0 Å². The summed E-state index contributed by atoms with van der Waals surface area (Å²) in [5.41, 5.74) is 1.34. The zero-order valence-corrected chi connectivity index (χ0v) is 11.8. The zero-order valence-electron chi connectivity index (χ0n) is 10.9. The highest BCUT2D eigenvalue weighted by Gasteiger charge is 2.48. The predicted molar refractivity (Wildman–Crippen MR) is 74.1 cm³/mol. The highest BCUT2D eigenvalue weighted by atomic mass is 32.1. The molecule has 98 valence electrons. The molecule has 1 amide bonds. The number of thiol groups is 1. The second-order valence-corrected chi connectivity index (χ2v) is 6.11. The summed E-state index contributed by atoms with van der Waals surface area (Å²) in [4.78, 5) is 13.0. The smallest absolute Gasteiger partial charge is 0.251 e. The van der Waals surface area contributed by atoms with Crippen molar-refractivity contribution >= 4 is 18.5 Å². The average molecular weight is 265 g/mol. The van der Waals surface area contributed by atoms with E-state index in [0.717, 1.165) is 10.5 Å². The van der Waals surface area contributed by atoms with Crippen molar-refractivity contribution in [2.75, 3.05) is 0 Å². The van der Waals surface area contributed by atoms with Crippen molar-refractivity contribution < 1.29 is 9.90 Å². The summed E-state index contributed by atoms with van der Waals surface area (Å²) in [7, 11) is 0. The van der Waals surface area contributed by atoms with Crippen molar-refractivity contribution in [3.05, 3.63) is 29.3 Å². The van der Waals surface area contributed by atoms with Gasteiger partial charge in [0, 0.05) is 21.9 Å². The molecule has 4 heteroatoms. The van der Waals surface area contributed by atoms with Gasteiger partial charge in [0.2, 0.25) is 0 Å². The van der Waals surface area contributed by atoms with E-state index in [1.54, 1.807) is 6.07 Å². The molecule has 18 heavy (non-hydrogen) atoms. The van der Waals surface area contributed by atoms with Crippen LogP contribution in [0.15, 0.2) is 23.1 Å². The third-order valence-corrected chi connectivity index (χ3v) is 4.27. The molecule has 1 fully saturated rings. The maximum Gasteiger partial charge on any atom is 0.251 e. The number of aryl methyl sites for hydroxylation is 1. The summed E-state index contributed by atoms with van der Waals surface area (Å²) in [6, 6.07) is 5.56. The molecule has 2 atom stereocenters. The minimum Gasteiger partial charge on any atom is -0.392 e. The molecule has 0 radical (unpaired) electrons. The SMILES string of the molecule is Cc1ccc(S)cc1C(=O)NC1CC(O)C1(C)C. The minimum atomic E-state index is -0.333. The molecule has 0 saturated heterocycles. The van der Waals surface area contributed by atoms with E-state index in [0.29, 0.717) is 12.0 Å². The monoisotopic (exact) mass is 265 g/mol. The second-order valence-electron chi connectivity index (χ2n) is 5.60. The van der Waals surface area contributed by atoms with Crippen LogP contribution in [0.25, 0.3) is 0 Å². The molecule has 0 aliphatic heterocycles. The van der Waals surface area contributed by atoms with Crippen LogP contribution in [0.5, 0.6) is 0 Å². The molecule has 1 aromatic rings. The van der Waals surface area contributed by atoms with Gasteiger partial charge >= 0.3 is 0 Å². The Hall–Kier alpha value is -1.00. The van der Waals surface area contributed by atoms with E-state index in [-0.39, 0.29) is 23.5 Å². The first-order chi connectivity index (χ1) is 8.32. The number of nitrogens with one attached hydrogen (secondary N) is 1. The molecule has 1 aliphatic rings. The van der Waals surface area contributed by atoms with Gasteiger partial charge in [-0.15, -0.1) is 12.6 Å². The number of hydrogen-bond donors (Lipinski definition) is 3. The van der Waals surface area contributed by atoms with Gasteiger partial charge in [-0.3, -0.25) is 4.79 Å². The van der Waals surface area contributed by atoms with Crippen LogP contribution < -0.4 is 5.32 Å². The maximum absolute atomic E-state index is 12.2. The van der Waals surface area contributed by atoms with Gasteiger partial charge in [-0.25, -0.2) is 0 Å². The molecule has 0 aromatic heterocycles. The number of benzene rings is 1. The Morgan fingerprint density at radius 3 is 2.72 bits per heavy atom. The molecule has 1 saturated carbocycles. The zero-order chi connectivity index (χ0) is 13.5. The number of carbonyl (C=O) groups is 1. The third kappa shape index (κ3) is 2.27. The van der Waals surface area contributed by atoms with Crippen LogP contribution in [0, 0.1) is 12.3 Å². The lowest BCUT2D eigenvalue weighted by Crippen LogP contribution is -2.61. The van der Waals surface area contributed by atoms with E-state index in [1.165, 1.54) is 0 Å². The fraction of sp³-hybridized carbons (Fsp3) is 0.500. The highest BCUT2D eigenvalue weighted by molar-refractivity contribution is 7.80. The second kappa shape index (κ2) is 4.59. The molecular formula is C14H19NO2S. The minimum absolute atomic E-state index is 0.0305. The molecule has 1 aromatic carbocycles. The van der Waals surface area contributed by atoms with Crippen LogP contribution >= 0.6 is 12.6 Å². The van der Waals surface area contributed by atoms with Crippen LogP contribution in [-0.4, -0.2) is 23.2 Å². The third-order valence-electron chi connectivity index (χ3n) is 3.99. The molecule has 0 heterocycles. The van der Waals surface area contributed by atoms with Crippen molar-refractivity contribution in [1.29, 1.82) is 0 Å². The van der Waals surface area contributed by atoms with Gasteiger partial charge in [0.1, 0.15) is 0 Å². The average Bonchev–Trinajstić information content (AvgIpc) is 2.31. The summed E-state index contributed by atoms with van der Waals surface area (Å²) >= 11 is 4.25. The van der Waals surface area contributed by atoms with E-state index >= 15 is 0 Å². The van der Waals surface area contributed by atoms with Crippen LogP contribution in [0.1, 0.15) is 36.2 Å². The van der Waals surface area contributed by atoms with Crippen LogP contribution in [0.4, 0.5) is 0 Å². The van der Waals surface area contributed by atoms with Gasteiger partial charge in [0.05, 0.1) is 6.10 Å². The highest BCUT2D eigenvalue weighted by Crippen LogP contribution is 2.40. The van der Waals surface area contributed by atoms with Gasteiger partial charge in [-0.05, 0) is 31.0 Å². The van der Waals surface area contributed by atoms with Gasteiger partial charge < -0.3 is 10.4 Å². The van der Waals surface area contributed by atoms with E-state index < -0.39 is 0 Å². The number of rotatable bonds is 2. The summed E-state index contributed by atoms with van der Waals surface area (Å²) in [5, 5.41) is 12.7. The maximum atomic E-state index is 12.2. The molecule has 2 rings (SSSR count). The fourth-order valence-electron chi connectivity index (χ4n) is 2.24. The topological polar surface area (TPSA) is 49.3 Å². The largest absolute Gasteiger partial charge is 0.392 e. The molecular weight excluding hydrogens is 246 g/mol. The fourth-order valence-corrected chi connectivity index (χ4v) is 2.44. The number of carbonyl (C=O) groups excluding carboxylic acids is 1. The summed E-state index contributed by atoms with van der Waals surface area (Å²) in [5.74, 6) is -0.0895. The van der Waals surface area contributed by atoms with Crippen LogP contribution in [0.3, 0.4) is 0 Å². The van der Waals surface area contributed by atoms with E-state index in [1.807, 2.05) is 32.9 Å². The van der Waals surface area contributed by atoms with Crippen molar-refractivity contribution in [2.24, 2.45) is 5.41 Å². The Morgan fingerprint density at radius 1 is 1.50 bits per heavy atom. The molecule has 3 nitrogen and oxygen atoms in total. The standard InChI is InChI=1S/C14H19NO2S/c1-8-4-5-9(18)6-10(8)13(17)15-11-7-12(16)14(11,2)3/h4-6,11-12,16,18H,7H2,1-3H3,(H,15,17).